The lowest BCUT2D eigenvalue weighted by molar-refractivity contribution is -0.122. The summed E-state index contributed by atoms with van der Waals surface area (Å²) in [5, 5.41) is 2.72. The number of carbonyl (C=O) groups is 2. The van der Waals surface area contributed by atoms with E-state index in [1.807, 2.05) is 0 Å². The van der Waals surface area contributed by atoms with Gasteiger partial charge in [-0.25, -0.2) is 4.79 Å². The zero-order valence-corrected chi connectivity index (χ0v) is 11.4. The van der Waals surface area contributed by atoms with Gasteiger partial charge in [-0.05, 0) is 32.0 Å². The number of anilines is 1. The minimum atomic E-state index is -0.664. The van der Waals surface area contributed by atoms with E-state index in [1.54, 1.807) is 38.1 Å². The zero-order valence-electron chi connectivity index (χ0n) is 10.6. The monoisotopic (exact) mass is 269 g/mol. The van der Waals surface area contributed by atoms with Crippen LogP contribution in [0.5, 0.6) is 0 Å². The second-order valence-electron chi connectivity index (χ2n) is 4.54. The molecule has 1 rings (SSSR count). The number of hydrogen-bond acceptors (Lipinski definition) is 3. The van der Waals surface area contributed by atoms with Gasteiger partial charge in [0.25, 0.3) is 0 Å². The van der Waals surface area contributed by atoms with E-state index in [0.717, 1.165) is 0 Å². The molecule has 98 valence electrons. The summed E-state index contributed by atoms with van der Waals surface area (Å²) in [6.07, 6.45) is 0. The number of alkyl halides is 1. The Balaban J connectivity index is 2.86. The van der Waals surface area contributed by atoms with Gasteiger partial charge in [-0.3, -0.25) is 4.79 Å². The number of nitrogens with one attached hydrogen (secondary N) is 1. The first-order valence-electron chi connectivity index (χ1n) is 5.46. The van der Waals surface area contributed by atoms with Crippen molar-refractivity contribution >= 4 is 29.2 Å². The van der Waals surface area contributed by atoms with Gasteiger partial charge in [0.2, 0.25) is 5.91 Å². The Bertz CT molecular complexity index is 457. The van der Waals surface area contributed by atoms with Crippen LogP contribution in [-0.2, 0) is 9.53 Å². The maximum atomic E-state index is 11.9. The molecule has 0 saturated carbocycles. The van der Waals surface area contributed by atoms with Crippen molar-refractivity contribution in [2.75, 3.05) is 18.3 Å². The summed E-state index contributed by atoms with van der Waals surface area (Å²) in [5.74, 6) is -0.419. The molecule has 0 saturated heterocycles. The van der Waals surface area contributed by atoms with Crippen LogP contribution in [0.4, 0.5) is 5.69 Å². The molecule has 1 N–H and O–H groups in total. The summed E-state index contributed by atoms with van der Waals surface area (Å²) >= 11 is 5.72. The van der Waals surface area contributed by atoms with Gasteiger partial charge in [0, 0.05) is 11.6 Å². The molecule has 0 fully saturated rings. The Hall–Kier alpha value is -1.55. The van der Waals surface area contributed by atoms with Crippen molar-refractivity contribution in [3.63, 3.8) is 0 Å². The fourth-order valence-corrected chi connectivity index (χ4v) is 1.32. The number of methoxy groups -OCH3 is 1. The fourth-order valence-electron chi connectivity index (χ4n) is 1.20. The predicted octanol–water partition coefficient (Wildman–Crippen LogP) is 2.68. The summed E-state index contributed by atoms with van der Waals surface area (Å²) in [7, 11) is 1.31. The molecule has 0 spiro atoms. The number of amides is 1. The Labute approximate surface area is 111 Å². The van der Waals surface area contributed by atoms with Gasteiger partial charge in [-0.2, -0.15) is 0 Å². The van der Waals surface area contributed by atoms with Crippen molar-refractivity contribution in [3.8, 4) is 0 Å². The quantitative estimate of drug-likeness (QED) is 0.675. The molecule has 0 radical (unpaired) electrons. The van der Waals surface area contributed by atoms with Crippen molar-refractivity contribution in [1.29, 1.82) is 0 Å². The molecule has 0 atom stereocenters. The SMILES string of the molecule is COC(=O)c1cccc(NC(=O)C(C)(C)CCl)c1. The minimum absolute atomic E-state index is 0.195. The summed E-state index contributed by atoms with van der Waals surface area (Å²) < 4.78 is 4.61. The maximum absolute atomic E-state index is 11.9. The molecule has 0 aromatic heterocycles. The molecule has 18 heavy (non-hydrogen) atoms. The molecular weight excluding hydrogens is 254 g/mol. The standard InChI is InChI=1S/C13H16ClNO3/c1-13(2,8-14)12(17)15-10-6-4-5-9(7-10)11(16)18-3/h4-7H,8H2,1-3H3,(H,15,17). The van der Waals surface area contributed by atoms with Gasteiger partial charge in [-0.1, -0.05) is 6.07 Å². The van der Waals surface area contributed by atoms with E-state index in [0.29, 0.717) is 11.3 Å². The van der Waals surface area contributed by atoms with Gasteiger partial charge in [0.05, 0.1) is 18.1 Å². The van der Waals surface area contributed by atoms with Crippen LogP contribution in [0.2, 0.25) is 0 Å². The molecular formula is C13H16ClNO3. The molecule has 1 amide bonds. The normalized spacial score (nSPS) is 10.9. The third kappa shape index (κ3) is 3.47. The lowest BCUT2D eigenvalue weighted by Gasteiger charge is -2.20. The molecule has 1 aromatic rings. The Kier molecular flexibility index (Phi) is 4.73. The second kappa shape index (κ2) is 5.87. The number of carbonyl (C=O) groups excluding carboxylic acids is 2. The third-order valence-electron chi connectivity index (χ3n) is 2.49. The van der Waals surface area contributed by atoms with Crippen molar-refractivity contribution in [3.05, 3.63) is 29.8 Å². The van der Waals surface area contributed by atoms with Crippen molar-refractivity contribution in [2.24, 2.45) is 5.41 Å². The van der Waals surface area contributed by atoms with Gasteiger partial charge in [-0.15, -0.1) is 11.6 Å². The van der Waals surface area contributed by atoms with Crippen molar-refractivity contribution in [2.45, 2.75) is 13.8 Å². The lowest BCUT2D eigenvalue weighted by Crippen LogP contribution is -2.32. The van der Waals surface area contributed by atoms with Crippen molar-refractivity contribution < 1.29 is 14.3 Å². The molecule has 0 unspecified atom stereocenters. The van der Waals surface area contributed by atoms with Crippen LogP contribution in [0.3, 0.4) is 0 Å². The second-order valence-corrected chi connectivity index (χ2v) is 4.81. The van der Waals surface area contributed by atoms with Crippen LogP contribution in [-0.4, -0.2) is 24.9 Å². The average molecular weight is 270 g/mol. The smallest absolute Gasteiger partial charge is 0.337 e. The first-order chi connectivity index (χ1) is 8.40. The first-order valence-corrected chi connectivity index (χ1v) is 6.00. The fraction of sp³-hybridized carbons (Fsp3) is 0.385. The van der Waals surface area contributed by atoms with Crippen LogP contribution >= 0.6 is 11.6 Å². The van der Waals surface area contributed by atoms with Gasteiger partial charge in [0.15, 0.2) is 0 Å². The summed E-state index contributed by atoms with van der Waals surface area (Å²) in [5.41, 5.74) is 0.267. The summed E-state index contributed by atoms with van der Waals surface area (Å²) in [4.78, 5) is 23.3. The topological polar surface area (TPSA) is 55.4 Å². The van der Waals surface area contributed by atoms with Crippen molar-refractivity contribution in [1.82, 2.24) is 0 Å². The molecule has 0 bridgehead atoms. The molecule has 4 nitrogen and oxygen atoms in total. The van der Waals surface area contributed by atoms with Crippen LogP contribution in [0.25, 0.3) is 0 Å². The average Bonchev–Trinajstić information content (AvgIpc) is 2.38. The van der Waals surface area contributed by atoms with E-state index in [2.05, 4.69) is 10.1 Å². The van der Waals surface area contributed by atoms with E-state index in [9.17, 15) is 9.59 Å². The number of hydrogen-bond donors (Lipinski definition) is 1. The summed E-state index contributed by atoms with van der Waals surface area (Å²) in [6.45, 7) is 3.50. The van der Waals surface area contributed by atoms with E-state index < -0.39 is 11.4 Å². The van der Waals surface area contributed by atoms with E-state index >= 15 is 0 Å². The largest absolute Gasteiger partial charge is 0.465 e. The number of halogens is 1. The highest BCUT2D eigenvalue weighted by Crippen LogP contribution is 2.20. The highest BCUT2D eigenvalue weighted by atomic mass is 35.5. The van der Waals surface area contributed by atoms with Crippen LogP contribution < -0.4 is 5.32 Å². The Morgan fingerprint density at radius 1 is 1.39 bits per heavy atom. The van der Waals surface area contributed by atoms with E-state index in [1.165, 1.54) is 7.11 Å². The lowest BCUT2D eigenvalue weighted by atomic mass is 9.95. The van der Waals surface area contributed by atoms with Gasteiger partial charge >= 0.3 is 5.97 Å². The van der Waals surface area contributed by atoms with Crippen LogP contribution in [0.1, 0.15) is 24.2 Å². The number of ether oxygens (including phenoxy) is 1. The first kappa shape index (κ1) is 14.5. The highest BCUT2D eigenvalue weighted by Gasteiger charge is 2.26. The van der Waals surface area contributed by atoms with Crippen LogP contribution in [0.15, 0.2) is 24.3 Å². The van der Waals surface area contributed by atoms with E-state index in [4.69, 9.17) is 11.6 Å². The Morgan fingerprint density at radius 2 is 2.06 bits per heavy atom. The predicted molar refractivity (Wildman–Crippen MR) is 70.9 cm³/mol. The molecule has 0 aliphatic rings. The van der Waals surface area contributed by atoms with Crippen LogP contribution in [0, 0.1) is 5.41 Å². The zero-order chi connectivity index (χ0) is 13.8. The van der Waals surface area contributed by atoms with E-state index in [-0.39, 0.29) is 11.8 Å². The number of rotatable bonds is 4. The Morgan fingerprint density at radius 3 is 2.61 bits per heavy atom. The van der Waals surface area contributed by atoms with Gasteiger partial charge < -0.3 is 10.1 Å². The van der Waals surface area contributed by atoms with Gasteiger partial charge in [0.1, 0.15) is 0 Å². The summed E-state index contributed by atoms with van der Waals surface area (Å²) in [6, 6.07) is 6.56. The molecule has 0 heterocycles. The number of benzene rings is 1. The molecule has 0 aliphatic heterocycles. The maximum Gasteiger partial charge on any atom is 0.337 e. The number of esters is 1. The molecule has 0 aliphatic carbocycles. The third-order valence-corrected chi connectivity index (χ3v) is 3.16. The minimum Gasteiger partial charge on any atom is -0.465 e. The highest BCUT2D eigenvalue weighted by molar-refractivity contribution is 6.20. The molecule has 1 aromatic carbocycles. The molecule has 5 heteroatoms.